The van der Waals surface area contributed by atoms with Crippen molar-refractivity contribution >= 4 is 54.8 Å². The minimum Gasteiger partial charge on any atom is -0.309 e. The van der Waals surface area contributed by atoms with Gasteiger partial charge in [0.25, 0.3) is 5.91 Å². The lowest BCUT2D eigenvalue weighted by molar-refractivity contribution is 0.0983. The maximum atomic E-state index is 13.5. The van der Waals surface area contributed by atoms with E-state index >= 15 is 0 Å². The number of carbonyl (C=O) groups excluding carboxylic acids is 1. The smallest absolute Gasteiger partial charge is 0.261 e. The van der Waals surface area contributed by atoms with Crippen molar-refractivity contribution in [2.45, 2.75) is 25.2 Å². The van der Waals surface area contributed by atoms with E-state index in [-0.39, 0.29) is 28.8 Å². The van der Waals surface area contributed by atoms with E-state index in [4.69, 9.17) is 4.98 Å². The third-order valence-corrected chi connectivity index (χ3v) is 7.28. The average Bonchev–Trinajstić information content (AvgIpc) is 3.13. The van der Waals surface area contributed by atoms with Gasteiger partial charge in [0.15, 0.2) is 15.0 Å². The fourth-order valence-electron chi connectivity index (χ4n) is 3.30. The van der Waals surface area contributed by atoms with Crippen LogP contribution in [0, 0.1) is 13.8 Å². The number of hydrogen-bond donors (Lipinski definition) is 0. The molecule has 1 aromatic heterocycles. The van der Waals surface area contributed by atoms with E-state index in [9.17, 15) is 13.2 Å². The number of fused-ring (bicyclic) bond motifs is 1. The molecule has 0 fully saturated rings. The molecule has 0 unspecified atom stereocenters. The summed E-state index contributed by atoms with van der Waals surface area (Å²) in [5, 5.41) is 0.592. The molecule has 0 saturated carbocycles. The highest BCUT2D eigenvalue weighted by Crippen LogP contribution is 2.34. The number of rotatable bonds is 7. The maximum Gasteiger partial charge on any atom is 0.261 e. The van der Waals surface area contributed by atoms with Gasteiger partial charge in [0.1, 0.15) is 0 Å². The van der Waals surface area contributed by atoms with Crippen molar-refractivity contribution in [2.75, 3.05) is 38.3 Å². The van der Waals surface area contributed by atoms with Crippen LogP contribution in [0.15, 0.2) is 41.3 Å². The standard InChI is InChI=1S/C22H27N3O3S2.ClH/c1-15-11-12-16(2)20-19(15)23-22(29-20)25(14-8-13-24(3)4)21(26)17-9-6-7-10-18(17)30(5,27)28;/h6-7,9-12H,8,13-14H2,1-5H3;1H. The third-order valence-electron chi connectivity index (χ3n) is 4.91. The van der Waals surface area contributed by atoms with Crippen molar-refractivity contribution in [2.24, 2.45) is 0 Å². The second-order valence-corrected chi connectivity index (χ2v) is 10.7. The normalized spacial score (nSPS) is 11.5. The molecule has 0 N–H and O–H groups in total. The predicted octanol–water partition coefficient (Wildman–Crippen LogP) is 4.34. The fraction of sp³-hybridized carbons (Fsp3) is 0.364. The predicted molar refractivity (Wildman–Crippen MR) is 131 cm³/mol. The Morgan fingerprint density at radius 3 is 2.29 bits per heavy atom. The summed E-state index contributed by atoms with van der Waals surface area (Å²) in [5.74, 6) is -0.343. The Labute approximate surface area is 194 Å². The first-order chi connectivity index (χ1) is 14.1. The summed E-state index contributed by atoms with van der Waals surface area (Å²) < 4.78 is 25.6. The molecule has 31 heavy (non-hydrogen) atoms. The van der Waals surface area contributed by atoms with Gasteiger partial charge in [-0.25, -0.2) is 13.4 Å². The van der Waals surface area contributed by atoms with Crippen LogP contribution in [0.4, 0.5) is 5.13 Å². The summed E-state index contributed by atoms with van der Waals surface area (Å²) in [5.41, 5.74) is 3.22. The number of aromatic nitrogens is 1. The van der Waals surface area contributed by atoms with Crippen molar-refractivity contribution in [3.63, 3.8) is 0 Å². The molecular weight excluding hydrogens is 454 g/mol. The third kappa shape index (κ3) is 5.63. The first kappa shape index (κ1) is 25.3. The number of anilines is 1. The van der Waals surface area contributed by atoms with Gasteiger partial charge >= 0.3 is 0 Å². The number of halogens is 1. The monoisotopic (exact) mass is 481 g/mol. The summed E-state index contributed by atoms with van der Waals surface area (Å²) in [6.45, 7) is 5.29. The zero-order valence-corrected chi connectivity index (χ0v) is 20.8. The van der Waals surface area contributed by atoms with Crippen LogP contribution in [-0.2, 0) is 9.84 Å². The molecule has 168 valence electrons. The van der Waals surface area contributed by atoms with Crippen LogP contribution in [0.3, 0.4) is 0 Å². The second kappa shape index (κ2) is 10.1. The number of aryl methyl sites for hydroxylation is 2. The summed E-state index contributed by atoms with van der Waals surface area (Å²) in [6.07, 6.45) is 1.87. The van der Waals surface area contributed by atoms with E-state index in [2.05, 4.69) is 11.0 Å². The highest BCUT2D eigenvalue weighted by Gasteiger charge is 2.26. The van der Waals surface area contributed by atoms with Crippen LogP contribution in [0.25, 0.3) is 10.2 Å². The largest absolute Gasteiger partial charge is 0.309 e. The van der Waals surface area contributed by atoms with Gasteiger partial charge in [0, 0.05) is 12.8 Å². The Morgan fingerprint density at radius 1 is 1.03 bits per heavy atom. The molecule has 1 heterocycles. The SMILES string of the molecule is Cc1ccc(C)c2sc(N(CCCN(C)C)C(=O)c3ccccc3S(C)(=O)=O)nc12.Cl. The van der Waals surface area contributed by atoms with E-state index in [0.717, 1.165) is 40.6 Å². The van der Waals surface area contributed by atoms with Gasteiger partial charge in [0.2, 0.25) is 0 Å². The highest BCUT2D eigenvalue weighted by atomic mass is 35.5. The van der Waals surface area contributed by atoms with Crippen LogP contribution in [0.5, 0.6) is 0 Å². The minimum absolute atomic E-state index is 0. The first-order valence-electron chi connectivity index (χ1n) is 9.72. The van der Waals surface area contributed by atoms with Crippen LogP contribution >= 0.6 is 23.7 Å². The lowest BCUT2D eigenvalue weighted by Crippen LogP contribution is -2.34. The Bertz CT molecular complexity index is 1150. The Hall–Kier alpha value is -2.00. The molecule has 0 radical (unpaired) electrons. The first-order valence-corrected chi connectivity index (χ1v) is 12.4. The Morgan fingerprint density at radius 2 is 1.68 bits per heavy atom. The molecule has 9 heteroatoms. The van der Waals surface area contributed by atoms with Crippen LogP contribution in [0.2, 0.25) is 0 Å². The summed E-state index contributed by atoms with van der Waals surface area (Å²) in [7, 11) is 0.424. The number of thiazole rings is 1. The lowest BCUT2D eigenvalue weighted by atomic mass is 10.1. The van der Waals surface area contributed by atoms with Crippen molar-refractivity contribution in [1.82, 2.24) is 9.88 Å². The van der Waals surface area contributed by atoms with Gasteiger partial charge in [-0.2, -0.15) is 0 Å². The second-order valence-electron chi connectivity index (χ2n) is 7.76. The van der Waals surface area contributed by atoms with Gasteiger partial charge in [-0.3, -0.25) is 9.69 Å². The number of benzene rings is 2. The fourth-order valence-corrected chi connectivity index (χ4v) is 5.32. The van der Waals surface area contributed by atoms with E-state index in [0.29, 0.717) is 11.7 Å². The maximum absolute atomic E-state index is 13.5. The van der Waals surface area contributed by atoms with E-state index in [1.165, 1.54) is 17.4 Å². The van der Waals surface area contributed by atoms with Gasteiger partial charge in [-0.05, 0) is 64.2 Å². The molecule has 0 bridgehead atoms. The molecule has 0 aliphatic carbocycles. The Kier molecular flexibility index (Phi) is 8.21. The highest BCUT2D eigenvalue weighted by molar-refractivity contribution is 7.90. The summed E-state index contributed by atoms with van der Waals surface area (Å²) in [6, 6.07) is 10.4. The van der Waals surface area contributed by atoms with Crippen molar-refractivity contribution in [3.8, 4) is 0 Å². The van der Waals surface area contributed by atoms with Crippen molar-refractivity contribution in [1.29, 1.82) is 0 Å². The molecule has 0 spiro atoms. The molecule has 0 atom stereocenters. The number of hydrogen-bond acceptors (Lipinski definition) is 6. The molecule has 6 nitrogen and oxygen atoms in total. The van der Waals surface area contributed by atoms with Crippen LogP contribution in [-0.4, -0.2) is 57.6 Å². The van der Waals surface area contributed by atoms with Crippen molar-refractivity contribution < 1.29 is 13.2 Å². The summed E-state index contributed by atoms with van der Waals surface area (Å²) in [4.78, 5) is 22.0. The molecule has 3 aromatic rings. The lowest BCUT2D eigenvalue weighted by Gasteiger charge is -2.22. The van der Waals surface area contributed by atoms with Crippen LogP contribution in [0.1, 0.15) is 27.9 Å². The number of carbonyl (C=O) groups is 1. The summed E-state index contributed by atoms with van der Waals surface area (Å²) >= 11 is 1.47. The number of amides is 1. The van der Waals surface area contributed by atoms with Gasteiger partial charge < -0.3 is 4.90 Å². The van der Waals surface area contributed by atoms with Gasteiger partial charge in [0.05, 0.1) is 20.7 Å². The molecule has 0 aliphatic heterocycles. The van der Waals surface area contributed by atoms with E-state index < -0.39 is 9.84 Å². The van der Waals surface area contributed by atoms with Crippen molar-refractivity contribution in [3.05, 3.63) is 53.1 Å². The van der Waals surface area contributed by atoms with E-state index in [1.54, 1.807) is 23.1 Å². The molecule has 3 rings (SSSR count). The molecule has 0 saturated heterocycles. The van der Waals surface area contributed by atoms with E-state index in [1.807, 2.05) is 34.0 Å². The molecule has 2 aromatic carbocycles. The zero-order chi connectivity index (χ0) is 22.1. The van der Waals surface area contributed by atoms with Crippen LogP contribution < -0.4 is 4.90 Å². The topological polar surface area (TPSA) is 70.6 Å². The minimum atomic E-state index is -3.54. The quantitative estimate of drug-likeness (QED) is 0.502. The zero-order valence-electron chi connectivity index (χ0n) is 18.4. The number of sulfone groups is 1. The molecular formula is C22H28ClN3O3S2. The Balaban J connectivity index is 0.00000341. The van der Waals surface area contributed by atoms with Gasteiger partial charge in [-0.15, -0.1) is 12.4 Å². The number of nitrogens with zero attached hydrogens (tertiary/aromatic N) is 3. The average molecular weight is 482 g/mol. The molecule has 0 aliphatic rings. The molecule has 1 amide bonds. The van der Waals surface area contributed by atoms with Gasteiger partial charge in [-0.1, -0.05) is 35.6 Å².